The van der Waals surface area contributed by atoms with Gasteiger partial charge < -0.3 is 10.1 Å². The van der Waals surface area contributed by atoms with Crippen LogP contribution in [-0.4, -0.2) is 24.4 Å². The zero-order valence-corrected chi connectivity index (χ0v) is 7.61. The Morgan fingerprint density at radius 3 is 2.62 bits per heavy atom. The van der Waals surface area contributed by atoms with E-state index in [1.165, 1.54) is 0 Å². The lowest BCUT2D eigenvalue weighted by atomic mass is 10.5. The smallest absolute Gasteiger partial charge is 0.435 e. The number of ether oxygens (including phenoxy) is 1. The summed E-state index contributed by atoms with van der Waals surface area (Å²) in [4.78, 5) is 24.6. The number of nitrogens with one attached hydrogen (secondary N) is 1. The van der Waals surface area contributed by atoms with Crippen molar-refractivity contribution >= 4 is 18.3 Å². The van der Waals surface area contributed by atoms with Crippen molar-refractivity contribution in [3.63, 3.8) is 0 Å². The van der Waals surface area contributed by atoms with Crippen molar-refractivity contribution in [2.45, 2.75) is 20.0 Å². The summed E-state index contributed by atoms with van der Waals surface area (Å²) < 4.78 is 4.65. The highest BCUT2D eigenvalue weighted by molar-refractivity contribution is 5.96. The molecule has 0 aliphatic carbocycles. The Morgan fingerprint density at radius 1 is 1.54 bits per heavy atom. The SMILES string of the molecule is C=CC(=O)NC=NC(=O)OC(C)C. The normalized spacial score (nSPS) is 10.1. The van der Waals surface area contributed by atoms with Gasteiger partial charge in [-0.2, -0.15) is 4.99 Å². The van der Waals surface area contributed by atoms with Gasteiger partial charge in [0.1, 0.15) is 6.34 Å². The van der Waals surface area contributed by atoms with Crippen LogP contribution in [0.15, 0.2) is 17.6 Å². The molecule has 72 valence electrons. The first-order chi connectivity index (χ1) is 6.06. The second-order valence-electron chi connectivity index (χ2n) is 2.40. The fourth-order valence-corrected chi connectivity index (χ4v) is 0.440. The standard InChI is InChI=1S/C8H12N2O3/c1-4-7(11)9-5-10-8(12)13-6(2)3/h4-6H,1H2,2-3H3,(H,9,10,11,12). The van der Waals surface area contributed by atoms with Gasteiger partial charge in [0.2, 0.25) is 5.91 Å². The molecule has 0 aromatic heterocycles. The average Bonchev–Trinajstić information content (AvgIpc) is 2.02. The van der Waals surface area contributed by atoms with Crippen molar-refractivity contribution in [2.24, 2.45) is 4.99 Å². The zero-order chi connectivity index (χ0) is 10.3. The van der Waals surface area contributed by atoms with Gasteiger partial charge in [0.25, 0.3) is 0 Å². The van der Waals surface area contributed by atoms with Gasteiger partial charge in [-0.05, 0) is 19.9 Å². The largest absolute Gasteiger partial charge is 0.445 e. The average molecular weight is 184 g/mol. The maximum atomic E-state index is 10.7. The molecule has 0 fully saturated rings. The van der Waals surface area contributed by atoms with Gasteiger partial charge in [-0.25, -0.2) is 4.79 Å². The van der Waals surface area contributed by atoms with E-state index in [4.69, 9.17) is 0 Å². The molecule has 0 radical (unpaired) electrons. The molecule has 0 bridgehead atoms. The molecule has 5 nitrogen and oxygen atoms in total. The van der Waals surface area contributed by atoms with Crippen molar-refractivity contribution < 1.29 is 14.3 Å². The Bertz CT molecular complexity index is 234. The minimum atomic E-state index is -0.737. The molecule has 0 heterocycles. The van der Waals surface area contributed by atoms with Crippen molar-refractivity contribution in [2.75, 3.05) is 0 Å². The fourth-order valence-electron chi connectivity index (χ4n) is 0.440. The number of aliphatic imine (C=N–C) groups is 1. The van der Waals surface area contributed by atoms with Gasteiger partial charge in [0, 0.05) is 0 Å². The third-order valence-corrected chi connectivity index (χ3v) is 0.899. The van der Waals surface area contributed by atoms with Crippen LogP contribution in [0.1, 0.15) is 13.8 Å². The van der Waals surface area contributed by atoms with Crippen LogP contribution < -0.4 is 5.32 Å². The highest BCUT2D eigenvalue weighted by atomic mass is 16.6. The Morgan fingerprint density at radius 2 is 2.15 bits per heavy atom. The fraction of sp³-hybridized carbons (Fsp3) is 0.375. The summed E-state index contributed by atoms with van der Waals surface area (Å²) in [5.74, 6) is -0.430. The number of carbonyl (C=O) groups is 2. The van der Waals surface area contributed by atoms with Gasteiger partial charge >= 0.3 is 6.09 Å². The van der Waals surface area contributed by atoms with E-state index in [1.807, 2.05) is 0 Å². The predicted octanol–water partition coefficient (Wildman–Crippen LogP) is 0.862. The molecular formula is C8H12N2O3. The molecule has 0 aromatic carbocycles. The molecular weight excluding hydrogens is 172 g/mol. The molecule has 1 N–H and O–H groups in total. The summed E-state index contributed by atoms with van der Waals surface area (Å²) in [5, 5.41) is 2.19. The maximum Gasteiger partial charge on any atom is 0.435 e. The van der Waals surface area contributed by atoms with Gasteiger partial charge in [-0.1, -0.05) is 6.58 Å². The number of nitrogens with zero attached hydrogens (tertiary/aromatic N) is 1. The molecule has 0 aliphatic rings. The van der Waals surface area contributed by atoms with Gasteiger partial charge in [-0.3, -0.25) is 4.79 Å². The van der Waals surface area contributed by atoms with Crippen LogP contribution in [-0.2, 0) is 9.53 Å². The second kappa shape index (κ2) is 5.93. The molecule has 13 heavy (non-hydrogen) atoms. The zero-order valence-electron chi connectivity index (χ0n) is 7.61. The molecule has 0 atom stereocenters. The van der Waals surface area contributed by atoms with Crippen LogP contribution in [0.3, 0.4) is 0 Å². The summed E-state index contributed by atoms with van der Waals surface area (Å²) in [5.41, 5.74) is 0. The number of amides is 2. The molecule has 0 aromatic rings. The van der Waals surface area contributed by atoms with Crippen molar-refractivity contribution in [3.05, 3.63) is 12.7 Å². The summed E-state index contributed by atoms with van der Waals surface area (Å²) in [6.45, 7) is 6.63. The van der Waals surface area contributed by atoms with Gasteiger partial charge in [0.15, 0.2) is 0 Å². The molecule has 0 rings (SSSR count). The molecule has 0 aliphatic heterocycles. The molecule has 5 heteroatoms. The molecule has 2 amide bonds. The highest BCUT2D eigenvalue weighted by Crippen LogP contribution is 1.90. The van der Waals surface area contributed by atoms with Crippen molar-refractivity contribution in [3.8, 4) is 0 Å². The van der Waals surface area contributed by atoms with E-state index in [1.54, 1.807) is 13.8 Å². The van der Waals surface area contributed by atoms with E-state index in [0.717, 1.165) is 12.4 Å². The van der Waals surface area contributed by atoms with Gasteiger partial charge in [-0.15, -0.1) is 0 Å². The monoisotopic (exact) mass is 184 g/mol. The molecule has 0 saturated heterocycles. The van der Waals surface area contributed by atoms with Crippen molar-refractivity contribution in [1.29, 1.82) is 0 Å². The number of hydrogen-bond acceptors (Lipinski definition) is 3. The lowest BCUT2D eigenvalue weighted by Crippen LogP contribution is -2.19. The summed E-state index contributed by atoms with van der Waals surface area (Å²) in [6, 6.07) is 0. The van der Waals surface area contributed by atoms with Crippen LogP contribution in [0.25, 0.3) is 0 Å². The second-order valence-corrected chi connectivity index (χ2v) is 2.40. The molecule has 0 unspecified atom stereocenters. The molecule has 0 saturated carbocycles. The summed E-state index contributed by atoms with van der Waals surface area (Å²) in [7, 11) is 0. The van der Waals surface area contributed by atoms with E-state index >= 15 is 0 Å². The number of carbonyl (C=O) groups excluding carboxylic acids is 2. The molecule has 0 spiro atoms. The topological polar surface area (TPSA) is 67.8 Å². The van der Waals surface area contributed by atoms with E-state index in [2.05, 4.69) is 21.6 Å². The first kappa shape index (κ1) is 11.4. The minimum Gasteiger partial charge on any atom is -0.445 e. The van der Waals surface area contributed by atoms with Crippen molar-refractivity contribution in [1.82, 2.24) is 5.32 Å². The number of hydrogen-bond donors (Lipinski definition) is 1. The quantitative estimate of drug-likeness (QED) is 0.402. The van der Waals surface area contributed by atoms with Crippen LogP contribution in [0.5, 0.6) is 0 Å². The maximum absolute atomic E-state index is 10.7. The first-order valence-electron chi connectivity index (χ1n) is 3.72. The Labute approximate surface area is 76.5 Å². The predicted molar refractivity (Wildman–Crippen MR) is 48.4 cm³/mol. The van der Waals surface area contributed by atoms with Gasteiger partial charge in [0.05, 0.1) is 6.10 Å². The van der Waals surface area contributed by atoms with Crippen LogP contribution in [0.4, 0.5) is 4.79 Å². The third-order valence-electron chi connectivity index (χ3n) is 0.899. The van der Waals surface area contributed by atoms with Crippen LogP contribution in [0, 0.1) is 0 Å². The van der Waals surface area contributed by atoms with E-state index in [0.29, 0.717) is 0 Å². The Kier molecular flexibility index (Phi) is 5.18. The van der Waals surface area contributed by atoms with Crippen LogP contribution >= 0.6 is 0 Å². The number of rotatable bonds is 3. The highest BCUT2D eigenvalue weighted by Gasteiger charge is 2.00. The third kappa shape index (κ3) is 6.74. The lowest BCUT2D eigenvalue weighted by molar-refractivity contribution is -0.115. The Balaban J connectivity index is 3.78. The van der Waals surface area contributed by atoms with E-state index < -0.39 is 12.0 Å². The lowest BCUT2D eigenvalue weighted by Gasteiger charge is -2.02. The summed E-state index contributed by atoms with van der Waals surface area (Å²) in [6.07, 6.45) is 1.08. The van der Waals surface area contributed by atoms with E-state index in [9.17, 15) is 9.59 Å². The Hall–Kier alpha value is -1.65. The first-order valence-corrected chi connectivity index (χ1v) is 3.72. The summed E-state index contributed by atoms with van der Waals surface area (Å²) >= 11 is 0. The minimum absolute atomic E-state index is 0.222. The van der Waals surface area contributed by atoms with E-state index in [-0.39, 0.29) is 6.10 Å². The van der Waals surface area contributed by atoms with Crippen LogP contribution in [0.2, 0.25) is 0 Å².